The summed E-state index contributed by atoms with van der Waals surface area (Å²) in [6, 6.07) is 0. The molecule has 0 bridgehead atoms. The van der Waals surface area contributed by atoms with Gasteiger partial charge in [-0.05, 0) is 0 Å². The molecule has 0 aromatic heterocycles. The third-order valence-electron chi connectivity index (χ3n) is 0.563. The van der Waals surface area contributed by atoms with Crippen LogP contribution >= 0.6 is 0 Å². The Morgan fingerprint density at radius 1 is 1.44 bits per heavy atom. The average molecular weight is 131 g/mol. The molecule has 0 aromatic rings. The lowest BCUT2D eigenvalue weighted by molar-refractivity contribution is -0.127. The SMILES string of the molecule is CC(=O)NNC(=O)CN. The lowest BCUT2D eigenvalue weighted by Gasteiger charge is -2.00. The molecule has 0 heterocycles. The largest absolute Gasteiger partial charge is 0.322 e. The van der Waals surface area contributed by atoms with E-state index in [9.17, 15) is 9.59 Å². The van der Waals surface area contributed by atoms with E-state index in [0.29, 0.717) is 0 Å². The quantitative estimate of drug-likeness (QED) is 0.364. The van der Waals surface area contributed by atoms with Gasteiger partial charge >= 0.3 is 0 Å². The molecular weight excluding hydrogens is 122 g/mol. The first-order valence-electron chi connectivity index (χ1n) is 2.42. The minimum absolute atomic E-state index is 0.125. The van der Waals surface area contributed by atoms with Gasteiger partial charge in [0.15, 0.2) is 0 Å². The summed E-state index contributed by atoms with van der Waals surface area (Å²) in [5.41, 5.74) is 9.04. The number of hydrogen-bond acceptors (Lipinski definition) is 3. The van der Waals surface area contributed by atoms with E-state index in [-0.39, 0.29) is 12.5 Å². The van der Waals surface area contributed by atoms with Crippen LogP contribution in [0.25, 0.3) is 0 Å². The van der Waals surface area contributed by atoms with Gasteiger partial charge in [0.1, 0.15) is 0 Å². The molecule has 0 aliphatic carbocycles. The minimum Gasteiger partial charge on any atom is -0.322 e. The molecule has 0 spiro atoms. The second kappa shape index (κ2) is 3.85. The van der Waals surface area contributed by atoms with Gasteiger partial charge < -0.3 is 5.73 Å². The van der Waals surface area contributed by atoms with E-state index >= 15 is 0 Å². The van der Waals surface area contributed by atoms with Crippen molar-refractivity contribution >= 4 is 11.8 Å². The van der Waals surface area contributed by atoms with Crippen LogP contribution in [-0.4, -0.2) is 18.4 Å². The first-order chi connectivity index (χ1) is 4.16. The second-order valence-corrected chi connectivity index (χ2v) is 1.43. The van der Waals surface area contributed by atoms with Crippen molar-refractivity contribution in [3.8, 4) is 0 Å². The molecule has 0 aliphatic heterocycles. The maximum absolute atomic E-state index is 10.3. The normalized spacial score (nSPS) is 8.22. The predicted molar refractivity (Wildman–Crippen MR) is 31.0 cm³/mol. The highest BCUT2D eigenvalue weighted by Crippen LogP contribution is 1.55. The molecule has 0 unspecified atom stereocenters. The van der Waals surface area contributed by atoms with Crippen molar-refractivity contribution in [3.05, 3.63) is 0 Å². The van der Waals surface area contributed by atoms with Crippen molar-refractivity contribution in [2.24, 2.45) is 5.73 Å². The Kier molecular flexibility index (Phi) is 3.38. The van der Waals surface area contributed by atoms with Gasteiger partial charge in [-0.15, -0.1) is 0 Å². The highest BCUT2D eigenvalue weighted by atomic mass is 16.2. The number of carbonyl (C=O) groups is 2. The lowest BCUT2D eigenvalue weighted by Crippen LogP contribution is -2.43. The van der Waals surface area contributed by atoms with E-state index in [1.165, 1.54) is 6.92 Å². The Bertz CT molecular complexity index is 123. The average Bonchev–Trinajstić information content (AvgIpc) is 1.83. The van der Waals surface area contributed by atoms with E-state index in [1.807, 2.05) is 0 Å². The van der Waals surface area contributed by atoms with Gasteiger partial charge in [0.05, 0.1) is 6.54 Å². The van der Waals surface area contributed by atoms with Crippen molar-refractivity contribution in [1.29, 1.82) is 0 Å². The fourth-order valence-corrected chi connectivity index (χ4v) is 0.209. The van der Waals surface area contributed by atoms with Crippen LogP contribution in [0, 0.1) is 0 Å². The van der Waals surface area contributed by atoms with E-state index in [2.05, 4.69) is 10.9 Å². The Balaban J connectivity index is 3.28. The molecule has 0 atom stereocenters. The summed E-state index contributed by atoms with van der Waals surface area (Å²) in [6.45, 7) is 1.16. The third-order valence-corrected chi connectivity index (χ3v) is 0.563. The molecule has 5 nitrogen and oxygen atoms in total. The van der Waals surface area contributed by atoms with Crippen molar-refractivity contribution in [3.63, 3.8) is 0 Å². The van der Waals surface area contributed by atoms with E-state index in [4.69, 9.17) is 5.73 Å². The van der Waals surface area contributed by atoms with Crippen molar-refractivity contribution < 1.29 is 9.59 Å². The molecule has 0 radical (unpaired) electrons. The molecule has 0 rings (SSSR count). The van der Waals surface area contributed by atoms with Crippen LogP contribution in [-0.2, 0) is 9.59 Å². The molecule has 0 fully saturated rings. The summed E-state index contributed by atoms with van der Waals surface area (Å²) in [6.07, 6.45) is 0. The predicted octanol–water partition coefficient (Wildman–Crippen LogP) is -1.89. The number of hydrazine groups is 1. The molecular formula is C4H9N3O2. The highest BCUT2D eigenvalue weighted by molar-refractivity contribution is 5.81. The van der Waals surface area contributed by atoms with Gasteiger partial charge in [0.25, 0.3) is 5.91 Å². The van der Waals surface area contributed by atoms with Gasteiger partial charge in [0.2, 0.25) is 5.91 Å². The molecule has 9 heavy (non-hydrogen) atoms. The van der Waals surface area contributed by atoms with Crippen LogP contribution in [0.1, 0.15) is 6.92 Å². The molecule has 0 aromatic carbocycles. The van der Waals surface area contributed by atoms with Gasteiger partial charge in [-0.2, -0.15) is 0 Å². The summed E-state index contributed by atoms with van der Waals surface area (Å²) in [5.74, 6) is -0.734. The number of hydrogen-bond donors (Lipinski definition) is 3. The van der Waals surface area contributed by atoms with Crippen LogP contribution in [0.5, 0.6) is 0 Å². The third kappa shape index (κ3) is 4.76. The van der Waals surface area contributed by atoms with Crippen molar-refractivity contribution in [2.45, 2.75) is 6.92 Å². The summed E-state index contributed by atoms with van der Waals surface area (Å²) in [7, 11) is 0. The number of amides is 2. The first-order valence-corrected chi connectivity index (χ1v) is 2.42. The number of carbonyl (C=O) groups excluding carboxylic acids is 2. The molecule has 5 heteroatoms. The summed E-state index contributed by atoms with van der Waals surface area (Å²) in [5, 5.41) is 0. The molecule has 0 saturated carbocycles. The molecule has 52 valence electrons. The fraction of sp³-hybridized carbons (Fsp3) is 0.500. The molecule has 2 amide bonds. The second-order valence-electron chi connectivity index (χ2n) is 1.43. The van der Waals surface area contributed by atoms with Crippen molar-refractivity contribution in [1.82, 2.24) is 10.9 Å². The zero-order valence-electron chi connectivity index (χ0n) is 5.10. The molecule has 4 N–H and O–H groups in total. The van der Waals surface area contributed by atoms with Crippen LogP contribution in [0.4, 0.5) is 0 Å². The summed E-state index contributed by atoms with van der Waals surface area (Å²) in [4.78, 5) is 20.4. The number of rotatable bonds is 1. The van der Waals surface area contributed by atoms with Gasteiger partial charge in [0, 0.05) is 6.92 Å². The first kappa shape index (κ1) is 7.90. The standard InChI is InChI=1S/C4H9N3O2/c1-3(8)6-7-4(9)2-5/h2,5H2,1H3,(H,6,8)(H,7,9). The van der Waals surface area contributed by atoms with Gasteiger partial charge in [-0.3, -0.25) is 20.4 Å². The summed E-state index contributed by atoms with van der Waals surface area (Å²) < 4.78 is 0. The Labute approximate surface area is 52.6 Å². The molecule has 0 saturated heterocycles. The van der Waals surface area contributed by atoms with Gasteiger partial charge in [-0.1, -0.05) is 0 Å². The zero-order chi connectivity index (χ0) is 7.28. The Morgan fingerprint density at radius 2 is 2.00 bits per heavy atom. The summed E-state index contributed by atoms with van der Waals surface area (Å²) >= 11 is 0. The van der Waals surface area contributed by atoms with Crippen LogP contribution in [0.2, 0.25) is 0 Å². The Morgan fingerprint density at radius 3 is 2.33 bits per heavy atom. The maximum atomic E-state index is 10.3. The fourth-order valence-electron chi connectivity index (χ4n) is 0.209. The Hall–Kier alpha value is -1.10. The van der Waals surface area contributed by atoms with Crippen molar-refractivity contribution in [2.75, 3.05) is 6.54 Å². The van der Waals surface area contributed by atoms with Gasteiger partial charge in [-0.25, -0.2) is 0 Å². The monoisotopic (exact) mass is 131 g/mol. The van der Waals surface area contributed by atoms with E-state index < -0.39 is 5.91 Å². The minimum atomic E-state index is -0.412. The van der Waals surface area contributed by atoms with Crippen LogP contribution in [0.15, 0.2) is 0 Å². The van der Waals surface area contributed by atoms with E-state index in [1.54, 1.807) is 0 Å². The topological polar surface area (TPSA) is 84.2 Å². The number of nitrogens with two attached hydrogens (primary N) is 1. The maximum Gasteiger partial charge on any atom is 0.252 e. The highest BCUT2D eigenvalue weighted by Gasteiger charge is 1.94. The molecule has 0 aliphatic rings. The lowest BCUT2D eigenvalue weighted by atomic mass is 10.6. The van der Waals surface area contributed by atoms with Crippen LogP contribution in [0.3, 0.4) is 0 Å². The number of nitrogens with one attached hydrogen (secondary N) is 2. The zero-order valence-corrected chi connectivity index (χ0v) is 5.10. The van der Waals surface area contributed by atoms with E-state index in [0.717, 1.165) is 0 Å². The smallest absolute Gasteiger partial charge is 0.252 e. The van der Waals surface area contributed by atoms with Crippen LogP contribution < -0.4 is 16.6 Å².